The number of halogens is 1. The van der Waals surface area contributed by atoms with Gasteiger partial charge in [-0.25, -0.2) is 9.97 Å². The van der Waals surface area contributed by atoms with E-state index in [1.165, 1.54) is 5.56 Å². The Morgan fingerprint density at radius 3 is 2.30 bits per heavy atom. The van der Waals surface area contributed by atoms with Crippen LogP contribution in [0, 0.1) is 0 Å². The molecule has 1 saturated heterocycles. The Morgan fingerprint density at radius 1 is 1.10 bits per heavy atom. The van der Waals surface area contributed by atoms with Crippen molar-refractivity contribution in [2.75, 3.05) is 51.3 Å². The molecular weight excluding hydrogens is 491 g/mol. The van der Waals surface area contributed by atoms with Crippen molar-refractivity contribution in [1.29, 1.82) is 0 Å². The molecule has 30 heavy (non-hydrogen) atoms. The number of nitrogens with zero attached hydrogens (tertiary/aromatic N) is 5. The minimum Gasteiger partial charge on any atom is -0.497 e. The number of ether oxygens (including phenoxy) is 1. The van der Waals surface area contributed by atoms with Crippen molar-refractivity contribution in [2.45, 2.75) is 26.2 Å². The van der Waals surface area contributed by atoms with Gasteiger partial charge in [-0.1, -0.05) is 26.0 Å². The lowest BCUT2D eigenvalue weighted by molar-refractivity contribution is 0.368. The van der Waals surface area contributed by atoms with Gasteiger partial charge in [0.1, 0.15) is 5.75 Å². The lowest BCUT2D eigenvalue weighted by atomic mass is 9.85. The van der Waals surface area contributed by atoms with E-state index < -0.39 is 0 Å². The van der Waals surface area contributed by atoms with Gasteiger partial charge >= 0.3 is 0 Å². The van der Waals surface area contributed by atoms with Gasteiger partial charge in [0.05, 0.1) is 13.7 Å². The Balaban J connectivity index is 0.00000320. The first-order valence-corrected chi connectivity index (χ1v) is 10.2. The molecule has 1 aromatic carbocycles. The molecule has 0 atom stereocenters. The zero-order valence-electron chi connectivity index (χ0n) is 18.3. The summed E-state index contributed by atoms with van der Waals surface area (Å²) in [5.41, 5.74) is 1.19. The molecule has 164 valence electrons. The van der Waals surface area contributed by atoms with Crippen LogP contribution in [0.5, 0.6) is 5.75 Å². The summed E-state index contributed by atoms with van der Waals surface area (Å²) in [7, 11) is 1.69. The number of hydrogen-bond acceptors (Lipinski definition) is 5. The van der Waals surface area contributed by atoms with Crippen LogP contribution in [0.15, 0.2) is 47.7 Å². The van der Waals surface area contributed by atoms with Gasteiger partial charge in [0.25, 0.3) is 0 Å². The first-order chi connectivity index (χ1) is 14.0. The van der Waals surface area contributed by atoms with Crippen molar-refractivity contribution in [2.24, 2.45) is 4.99 Å². The molecule has 1 aromatic heterocycles. The minimum atomic E-state index is -0.0629. The van der Waals surface area contributed by atoms with Crippen molar-refractivity contribution < 1.29 is 4.74 Å². The van der Waals surface area contributed by atoms with E-state index in [9.17, 15) is 0 Å². The number of aromatic nitrogens is 2. The SMILES string of the molecule is CCNC(=NCC(C)(C)c1ccc(OC)cc1)N1CCN(c2ncccn2)CC1.I. The van der Waals surface area contributed by atoms with Gasteiger partial charge in [0, 0.05) is 50.5 Å². The number of anilines is 1. The summed E-state index contributed by atoms with van der Waals surface area (Å²) in [5, 5.41) is 3.46. The number of methoxy groups -OCH3 is 1. The Bertz CT molecular complexity index is 789. The fourth-order valence-corrected chi connectivity index (χ4v) is 3.40. The molecule has 0 spiro atoms. The number of hydrogen-bond donors (Lipinski definition) is 1. The Morgan fingerprint density at radius 2 is 1.73 bits per heavy atom. The van der Waals surface area contributed by atoms with Gasteiger partial charge in [0.15, 0.2) is 5.96 Å². The van der Waals surface area contributed by atoms with Crippen LogP contribution in [0.3, 0.4) is 0 Å². The van der Waals surface area contributed by atoms with Crippen LogP contribution in [0.4, 0.5) is 5.95 Å². The smallest absolute Gasteiger partial charge is 0.225 e. The molecule has 2 aromatic rings. The number of nitrogens with one attached hydrogen (secondary N) is 1. The Labute approximate surface area is 197 Å². The lowest BCUT2D eigenvalue weighted by Crippen LogP contribution is -2.53. The predicted octanol–water partition coefficient (Wildman–Crippen LogP) is 3.17. The lowest BCUT2D eigenvalue weighted by Gasteiger charge is -2.37. The summed E-state index contributed by atoms with van der Waals surface area (Å²) < 4.78 is 5.27. The monoisotopic (exact) mass is 524 g/mol. The van der Waals surface area contributed by atoms with E-state index in [2.05, 4.69) is 58.0 Å². The highest BCUT2D eigenvalue weighted by atomic mass is 127. The van der Waals surface area contributed by atoms with Gasteiger partial charge in [-0.05, 0) is 30.7 Å². The number of benzene rings is 1. The molecule has 8 heteroatoms. The van der Waals surface area contributed by atoms with Crippen LogP contribution < -0.4 is 15.0 Å². The van der Waals surface area contributed by atoms with Crippen molar-refractivity contribution in [3.05, 3.63) is 48.3 Å². The van der Waals surface area contributed by atoms with Crippen molar-refractivity contribution in [3.8, 4) is 5.75 Å². The number of aliphatic imine (C=N–C) groups is 1. The molecule has 1 fully saturated rings. The molecule has 0 unspecified atom stereocenters. The molecule has 0 bridgehead atoms. The standard InChI is InChI=1S/C22H32N6O.HI/c1-5-23-20(26-17-22(2,3)18-7-9-19(29-4)10-8-18)27-13-15-28(16-14-27)21-24-11-6-12-25-21;/h6-12H,5,13-17H2,1-4H3,(H,23,26);1H. The molecule has 2 heterocycles. The number of rotatable bonds is 6. The molecule has 1 aliphatic rings. The summed E-state index contributed by atoms with van der Waals surface area (Å²) >= 11 is 0. The van der Waals surface area contributed by atoms with Gasteiger partial charge in [-0.3, -0.25) is 4.99 Å². The van der Waals surface area contributed by atoms with E-state index in [1.54, 1.807) is 19.5 Å². The maximum absolute atomic E-state index is 5.27. The quantitative estimate of drug-likeness (QED) is 0.356. The molecule has 1 aliphatic heterocycles. The Kier molecular flexibility index (Phi) is 9.13. The molecule has 0 amide bonds. The summed E-state index contributed by atoms with van der Waals surface area (Å²) in [5.74, 6) is 2.65. The zero-order chi connectivity index (χ0) is 20.7. The third kappa shape index (κ3) is 6.20. The maximum Gasteiger partial charge on any atom is 0.225 e. The van der Waals surface area contributed by atoms with Gasteiger partial charge in [-0.2, -0.15) is 0 Å². The largest absolute Gasteiger partial charge is 0.497 e. The average molecular weight is 524 g/mol. The summed E-state index contributed by atoms with van der Waals surface area (Å²) in [4.78, 5) is 18.3. The van der Waals surface area contributed by atoms with Crippen molar-refractivity contribution in [1.82, 2.24) is 20.2 Å². The van der Waals surface area contributed by atoms with Crippen LogP contribution in [0.1, 0.15) is 26.3 Å². The van der Waals surface area contributed by atoms with E-state index in [0.717, 1.165) is 50.4 Å². The fourth-order valence-electron chi connectivity index (χ4n) is 3.40. The molecule has 3 rings (SSSR count). The molecule has 0 aliphatic carbocycles. The summed E-state index contributed by atoms with van der Waals surface area (Å²) in [6.07, 6.45) is 3.59. The van der Waals surface area contributed by atoms with Crippen molar-refractivity contribution in [3.63, 3.8) is 0 Å². The third-order valence-electron chi connectivity index (χ3n) is 5.24. The van der Waals surface area contributed by atoms with Crippen LogP contribution in [-0.2, 0) is 5.41 Å². The zero-order valence-corrected chi connectivity index (χ0v) is 20.7. The van der Waals surface area contributed by atoms with Crippen LogP contribution in [0.2, 0.25) is 0 Å². The molecule has 0 radical (unpaired) electrons. The molecular formula is C22H33IN6O. The molecule has 1 N–H and O–H groups in total. The topological polar surface area (TPSA) is 65.9 Å². The van der Waals surface area contributed by atoms with E-state index in [1.807, 2.05) is 18.2 Å². The van der Waals surface area contributed by atoms with Crippen LogP contribution in [-0.4, -0.2) is 67.2 Å². The second-order valence-electron chi connectivity index (χ2n) is 7.81. The minimum absolute atomic E-state index is 0. The first kappa shape index (κ1) is 24.2. The van der Waals surface area contributed by atoms with E-state index in [0.29, 0.717) is 6.54 Å². The summed E-state index contributed by atoms with van der Waals surface area (Å²) in [6, 6.07) is 10.1. The summed E-state index contributed by atoms with van der Waals surface area (Å²) in [6.45, 7) is 11.7. The fraction of sp³-hybridized carbons (Fsp3) is 0.500. The van der Waals surface area contributed by atoms with Crippen LogP contribution in [0.25, 0.3) is 0 Å². The van der Waals surface area contributed by atoms with E-state index in [-0.39, 0.29) is 29.4 Å². The number of piperazine rings is 1. The first-order valence-electron chi connectivity index (χ1n) is 10.2. The highest BCUT2D eigenvalue weighted by molar-refractivity contribution is 14.0. The predicted molar refractivity (Wildman–Crippen MR) is 133 cm³/mol. The number of guanidine groups is 1. The molecule has 0 saturated carbocycles. The van der Waals surface area contributed by atoms with Gasteiger partial charge < -0.3 is 19.9 Å². The Hall–Kier alpha value is -2.10. The normalized spacial score (nSPS) is 14.9. The second kappa shape index (κ2) is 11.3. The van der Waals surface area contributed by atoms with Crippen molar-refractivity contribution >= 4 is 35.9 Å². The van der Waals surface area contributed by atoms with Gasteiger partial charge in [-0.15, -0.1) is 24.0 Å². The molecule has 7 nitrogen and oxygen atoms in total. The second-order valence-corrected chi connectivity index (χ2v) is 7.81. The van der Waals surface area contributed by atoms with E-state index in [4.69, 9.17) is 9.73 Å². The van der Waals surface area contributed by atoms with Crippen LogP contribution >= 0.6 is 24.0 Å². The average Bonchev–Trinajstić information content (AvgIpc) is 2.77. The van der Waals surface area contributed by atoms with E-state index >= 15 is 0 Å². The third-order valence-corrected chi connectivity index (χ3v) is 5.24. The highest BCUT2D eigenvalue weighted by Gasteiger charge is 2.24. The highest BCUT2D eigenvalue weighted by Crippen LogP contribution is 2.25. The van der Waals surface area contributed by atoms with Gasteiger partial charge in [0.2, 0.25) is 5.95 Å². The maximum atomic E-state index is 5.27.